The molecule has 1 aromatic carbocycles. The Labute approximate surface area is 153 Å². The molecule has 0 atom stereocenters. The normalized spacial score (nSPS) is 13.9. The van der Waals surface area contributed by atoms with Crippen LogP contribution in [0.15, 0.2) is 29.8 Å². The third-order valence-corrected chi connectivity index (χ3v) is 4.97. The van der Waals surface area contributed by atoms with Crippen LogP contribution in [0.25, 0.3) is 0 Å². The molecule has 5 nitrogen and oxygen atoms in total. The zero-order valence-electron chi connectivity index (χ0n) is 15.1. The van der Waals surface area contributed by atoms with Gasteiger partial charge in [0.15, 0.2) is 0 Å². The highest BCUT2D eigenvalue weighted by Crippen LogP contribution is 2.44. The fraction of sp³-hybridized carbons (Fsp3) is 0.474. The number of hydrogen-bond acceptors (Lipinski definition) is 5. The Hall–Kier alpha value is -1.92. The summed E-state index contributed by atoms with van der Waals surface area (Å²) in [5, 5.41) is 6.19. The predicted molar refractivity (Wildman–Crippen MR) is 101 cm³/mol. The molecule has 1 aliphatic carbocycles. The maximum atomic E-state index is 12.7. The van der Waals surface area contributed by atoms with Gasteiger partial charge in [0.2, 0.25) is 5.91 Å². The number of hydrazine groups is 1. The van der Waals surface area contributed by atoms with Crippen molar-refractivity contribution < 1.29 is 9.53 Å². The minimum atomic E-state index is 0.107. The first-order valence-electron chi connectivity index (χ1n) is 8.76. The van der Waals surface area contributed by atoms with Crippen LogP contribution in [0.3, 0.4) is 0 Å². The summed E-state index contributed by atoms with van der Waals surface area (Å²) in [6, 6.07) is 6.23. The zero-order valence-corrected chi connectivity index (χ0v) is 15.9. The Morgan fingerprint density at radius 2 is 2.16 bits per heavy atom. The molecule has 2 aromatic rings. The first kappa shape index (κ1) is 17.9. The lowest BCUT2D eigenvalue weighted by atomic mass is 10.0. The Balaban J connectivity index is 1.95. The number of carbonyl (C=O) groups excluding carboxylic acids is 1. The smallest absolute Gasteiger partial charge is 0.273 e. The fourth-order valence-electron chi connectivity index (χ4n) is 3.03. The monoisotopic (exact) mass is 359 g/mol. The SMILES string of the molecule is CCCC(=O)N(c1cccc(C2CC2)c1COc1nccs1)N(C)C. The minimum Gasteiger partial charge on any atom is -0.465 e. The van der Waals surface area contributed by atoms with Crippen molar-refractivity contribution in [2.75, 3.05) is 19.1 Å². The molecule has 0 saturated heterocycles. The van der Waals surface area contributed by atoms with E-state index in [0.29, 0.717) is 24.1 Å². The van der Waals surface area contributed by atoms with Crippen LogP contribution in [-0.2, 0) is 11.4 Å². The number of nitrogens with zero attached hydrogens (tertiary/aromatic N) is 3. The predicted octanol–water partition coefficient (Wildman–Crippen LogP) is 4.21. The summed E-state index contributed by atoms with van der Waals surface area (Å²) in [6.45, 7) is 2.46. The number of ether oxygens (including phenoxy) is 1. The quantitative estimate of drug-likeness (QED) is 0.663. The minimum absolute atomic E-state index is 0.107. The van der Waals surface area contributed by atoms with Gasteiger partial charge in [-0.1, -0.05) is 30.4 Å². The van der Waals surface area contributed by atoms with Gasteiger partial charge in [-0.3, -0.25) is 4.79 Å². The summed E-state index contributed by atoms with van der Waals surface area (Å²) in [4.78, 5) is 16.9. The zero-order chi connectivity index (χ0) is 17.8. The number of thiazole rings is 1. The molecular weight excluding hydrogens is 334 g/mol. The number of anilines is 1. The van der Waals surface area contributed by atoms with Gasteiger partial charge in [0.1, 0.15) is 6.61 Å². The van der Waals surface area contributed by atoms with Crippen molar-refractivity contribution in [1.29, 1.82) is 0 Å². The molecule has 0 unspecified atom stereocenters. The van der Waals surface area contributed by atoms with Crippen molar-refractivity contribution in [3.8, 4) is 5.19 Å². The number of benzene rings is 1. The van der Waals surface area contributed by atoms with Gasteiger partial charge in [0.25, 0.3) is 5.19 Å². The van der Waals surface area contributed by atoms with Crippen LogP contribution in [0.5, 0.6) is 5.19 Å². The third-order valence-electron chi connectivity index (χ3n) is 4.28. The van der Waals surface area contributed by atoms with Crippen LogP contribution < -0.4 is 9.75 Å². The summed E-state index contributed by atoms with van der Waals surface area (Å²) in [5.74, 6) is 0.691. The molecule has 0 spiro atoms. The van der Waals surface area contributed by atoms with Gasteiger partial charge >= 0.3 is 0 Å². The molecule has 6 heteroatoms. The molecule has 1 amide bonds. The Morgan fingerprint density at radius 1 is 1.36 bits per heavy atom. The molecule has 25 heavy (non-hydrogen) atoms. The van der Waals surface area contributed by atoms with E-state index < -0.39 is 0 Å². The summed E-state index contributed by atoms with van der Waals surface area (Å²) in [5.41, 5.74) is 3.31. The highest BCUT2D eigenvalue weighted by Gasteiger charge is 2.30. The number of rotatable bonds is 8. The Bertz CT molecular complexity index is 711. The van der Waals surface area contributed by atoms with E-state index in [4.69, 9.17) is 4.74 Å². The number of amides is 1. The lowest BCUT2D eigenvalue weighted by molar-refractivity contribution is -0.121. The number of aromatic nitrogens is 1. The van der Waals surface area contributed by atoms with Gasteiger partial charge in [0, 0.05) is 37.7 Å². The first-order valence-corrected chi connectivity index (χ1v) is 9.64. The summed E-state index contributed by atoms with van der Waals surface area (Å²) >= 11 is 1.48. The summed E-state index contributed by atoms with van der Waals surface area (Å²) in [6.07, 6.45) is 5.51. The molecule has 3 rings (SSSR count). The maximum absolute atomic E-state index is 12.7. The second-order valence-electron chi connectivity index (χ2n) is 6.51. The number of hydrogen-bond donors (Lipinski definition) is 0. The molecule has 0 bridgehead atoms. The Morgan fingerprint density at radius 3 is 2.76 bits per heavy atom. The first-order chi connectivity index (χ1) is 12.1. The van der Waals surface area contributed by atoms with Crippen molar-refractivity contribution in [2.24, 2.45) is 0 Å². The molecule has 0 aliphatic heterocycles. The van der Waals surface area contributed by atoms with Crippen molar-refractivity contribution >= 4 is 22.9 Å². The van der Waals surface area contributed by atoms with E-state index in [0.717, 1.165) is 17.7 Å². The van der Waals surface area contributed by atoms with Gasteiger partial charge in [-0.2, -0.15) is 0 Å². The standard InChI is InChI=1S/C19H25N3O2S/c1-4-6-18(23)22(21(2)3)17-8-5-7-15(14-9-10-14)16(17)13-24-19-20-11-12-25-19/h5,7-8,11-12,14H,4,6,9-10,13H2,1-3H3. The van der Waals surface area contributed by atoms with E-state index in [1.807, 2.05) is 43.5 Å². The van der Waals surface area contributed by atoms with Crippen LogP contribution in [0, 0.1) is 0 Å². The lowest BCUT2D eigenvalue weighted by Gasteiger charge is -2.31. The van der Waals surface area contributed by atoms with Gasteiger partial charge in [0.05, 0.1) is 5.69 Å². The average molecular weight is 359 g/mol. The van der Waals surface area contributed by atoms with Crippen molar-refractivity contribution in [3.05, 3.63) is 40.9 Å². The van der Waals surface area contributed by atoms with Crippen LogP contribution in [0.2, 0.25) is 0 Å². The van der Waals surface area contributed by atoms with Gasteiger partial charge in [-0.25, -0.2) is 15.0 Å². The molecular formula is C19H25N3O2S. The molecule has 1 saturated carbocycles. The maximum Gasteiger partial charge on any atom is 0.273 e. The van der Waals surface area contributed by atoms with E-state index in [1.54, 1.807) is 11.2 Å². The molecule has 1 heterocycles. The molecule has 0 radical (unpaired) electrons. The largest absolute Gasteiger partial charge is 0.465 e. The molecule has 1 aromatic heterocycles. The van der Waals surface area contributed by atoms with Crippen LogP contribution >= 0.6 is 11.3 Å². The number of carbonyl (C=O) groups is 1. The van der Waals surface area contributed by atoms with E-state index in [-0.39, 0.29) is 5.91 Å². The van der Waals surface area contributed by atoms with E-state index >= 15 is 0 Å². The molecule has 0 N–H and O–H groups in total. The van der Waals surface area contributed by atoms with Crippen LogP contribution in [0.1, 0.15) is 49.7 Å². The Kier molecular flexibility index (Phi) is 5.71. The molecule has 1 fully saturated rings. The van der Waals surface area contributed by atoms with E-state index in [1.165, 1.54) is 29.7 Å². The summed E-state index contributed by atoms with van der Waals surface area (Å²) < 4.78 is 5.91. The third kappa shape index (κ3) is 4.19. The summed E-state index contributed by atoms with van der Waals surface area (Å²) in [7, 11) is 3.81. The van der Waals surface area contributed by atoms with Crippen LogP contribution in [-0.4, -0.2) is 30.0 Å². The second kappa shape index (κ2) is 7.97. The van der Waals surface area contributed by atoms with Crippen molar-refractivity contribution in [2.45, 2.75) is 45.1 Å². The lowest BCUT2D eigenvalue weighted by Crippen LogP contribution is -2.42. The van der Waals surface area contributed by atoms with Gasteiger partial charge < -0.3 is 4.74 Å². The van der Waals surface area contributed by atoms with Crippen molar-refractivity contribution in [3.63, 3.8) is 0 Å². The van der Waals surface area contributed by atoms with E-state index in [2.05, 4.69) is 11.1 Å². The van der Waals surface area contributed by atoms with Gasteiger partial charge in [-0.15, -0.1) is 0 Å². The second-order valence-corrected chi connectivity index (χ2v) is 7.37. The van der Waals surface area contributed by atoms with Crippen LogP contribution in [0.4, 0.5) is 5.69 Å². The molecule has 1 aliphatic rings. The van der Waals surface area contributed by atoms with Crippen molar-refractivity contribution in [1.82, 2.24) is 9.99 Å². The average Bonchev–Trinajstić information content (AvgIpc) is 3.29. The fourth-order valence-corrected chi connectivity index (χ4v) is 3.52. The highest BCUT2D eigenvalue weighted by atomic mass is 32.1. The molecule has 134 valence electrons. The highest BCUT2D eigenvalue weighted by molar-refractivity contribution is 7.11. The topological polar surface area (TPSA) is 45.7 Å². The van der Waals surface area contributed by atoms with Gasteiger partial charge in [-0.05, 0) is 36.8 Å². The van der Waals surface area contributed by atoms with E-state index in [9.17, 15) is 4.79 Å².